The number of anilines is 1. The number of nitrogens with zero attached hydrogens (tertiary/aromatic N) is 1. The van der Waals surface area contributed by atoms with E-state index < -0.39 is 0 Å². The summed E-state index contributed by atoms with van der Waals surface area (Å²) in [5, 5.41) is 9.28. The average Bonchev–Trinajstić information content (AvgIpc) is 2.63. The van der Waals surface area contributed by atoms with E-state index in [2.05, 4.69) is 6.92 Å². The first kappa shape index (κ1) is 12.2. The molecule has 0 radical (unpaired) electrons. The second kappa shape index (κ2) is 4.37. The number of phenols is 1. The Morgan fingerprint density at radius 3 is 2.37 bits per heavy atom. The Balaban J connectivity index is 1.93. The maximum Gasteiger partial charge on any atom is 0.237 e. The number of carbonyl (C=O) groups excluding carboxylic acids is 2. The highest BCUT2D eigenvalue weighted by molar-refractivity contribution is 6.22. The van der Waals surface area contributed by atoms with Gasteiger partial charge in [-0.1, -0.05) is 6.92 Å². The molecule has 1 aliphatic carbocycles. The Morgan fingerprint density at radius 2 is 1.68 bits per heavy atom. The van der Waals surface area contributed by atoms with Gasteiger partial charge in [-0.05, 0) is 49.4 Å². The molecule has 4 heteroatoms. The summed E-state index contributed by atoms with van der Waals surface area (Å²) in [4.78, 5) is 26.1. The predicted octanol–water partition coefficient (Wildman–Crippen LogP) is 2.32. The number of hydrogen-bond acceptors (Lipinski definition) is 3. The molecule has 3 atom stereocenters. The molecule has 1 aromatic rings. The van der Waals surface area contributed by atoms with Gasteiger partial charge in [-0.15, -0.1) is 0 Å². The summed E-state index contributed by atoms with van der Waals surface area (Å²) in [7, 11) is 0. The van der Waals surface area contributed by atoms with Crippen LogP contribution in [0.5, 0.6) is 5.75 Å². The molecule has 0 unspecified atom stereocenters. The minimum absolute atomic E-state index is 0.0763. The topological polar surface area (TPSA) is 57.6 Å². The molecule has 19 heavy (non-hydrogen) atoms. The molecule has 1 saturated heterocycles. The fraction of sp³-hybridized carbons (Fsp3) is 0.467. The molecule has 1 heterocycles. The molecule has 0 aromatic heterocycles. The van der Waals surface area contributed by atoms with E-state index in [1.54, 1.807) is 12.1 Å². The van der Waals surface area contributed by atoms with Crippen LogP contribution in [0.25, 0.3) is 0 Å². The van der Waals surface area contributed by atoms with E-state index in [0.717, 1.165) is 19.3 Å². The van der Waals surface area contributed by atoms with Crippen LogP contribution < -0.4 is 4.90 Å². The number of rotatable bonds is 1. The van der Waals surface area contributed by atoms with Gasteiger partial charge in [-0.2, -0.15) is 0 Å². The van der Waals surface area contributed by atoms with E-state index in [1.165, 1.54) is 17.0 Å². The van der Waals surface area contributed by atoms with Crippen LogP contribution in [0, 0.1) is 17.8 Å². The number of benzene rings is 1. The molecular weight excluding hydrogens is 242 g/mol. The minimum atomic E-state index is -0.148. The van der Waals surface area contributed by atoms with Crippen molar-refractivity contribution < 1.29 is 14.7 Å². The molecule has 100 valence electrons. The van der Waals surface area contributed by atoms with Crippen LogP contribution in [0.3, 0.4) is 0 Å². The van der Waals surface area contributed by atoms with Gasteiger partial charge in [0.1, 0.15) is 5.75 Å². The van der Waals surface area contributed by atoms with Crippen molar-refractivity contribution >= 4 is 17.5 Å². The molecule has 0 bridgehead atoms. The molecule has 1 aromatic carbocycles. The van der Waals surface area contributed by atoms with Gasteiger partial charge in [0.15, 0.2) is 0 Å². The third kappa shape index (κ3) is 1.91. The van der Waals surface area contributed by atoms with Crippen LogP contribution in [0.2, 0.25) is 0 Å². The molecule has 2 aliphatic rings. The lowest BCUT2D eigenvalue weighted by Gasteiger charge is -2.25. The summed E-state index contributed by atoms with van der Waals surface area (Å²) in [5.74, 6) is 0.203. The van der Waals surface area contributed by atoms with E-state index >= 15 is 0 Å². The number of fused-ring (bicyclic) bond motifs is 1. The van der Waals surface area contributed by atoms with Crippen LogP contribution >= 0.6 is 0 Å². The van der Waals surface area contributed by atoms with E-state index in [1.807, 2.05) is 0 Å². The fourth-order valence-electron chi connectivity index (χ4n) is 3.25. The molecular formula is C15H17NO3. The summed E-state index contributed by atoms with van der Waals surface area (Å²) in [5.41, 5.74) is 0.565. The second-order valence-electron chi connectivity index (χ2n) is 5.66. The highest BCUT2D eigenvalue weighted by atomic mass is 16.3. The Morgan fingerprint density at radius 1 is 1.05 bits per heavy atom. The number of imide groups is 1. The van der Waals surface area contributed by atoms with Gasteiger partial charge in [-0.25, -0.2) is 0 Å². The zero-order chi connectivity index (χ0) is 13.6. The molecule has 1 N–H and O–H groups in total. The third-order valence-electron chi connectivity index (χ3n) is 4.30. The zero-order valence-electron chi connectivity index (χ0n) is 10.9. The second-order valence-corrected chi connectivity index (χ2v) is 5.66. The minimum Gasteiger partial charge on any atom is -0.508 e. The average molecular weight is 259 g/mol. The predicted molar refractivity (Wildman–Crippen MR) is 70.6 cm³/mol. The normalized spacial score (nSPS) is 30.6. The van der Waals surface area contributed by atoms with E-state index in [4.69, 9.17) is 0 Å². The Kier molecular flexibility index (Phi) is 2.81. The largest absolute Gasteiger partial charge is 0.508 e. The van der Waals surface area contributed by atoms with Crippen molar-refractivity contribution in [3.8, 4) is 5.75 Å². The smallest absolute Gasteiger partial charge is 0.237 e. The molecule has 4 nitrogen and oxygen atoms in total. The Bertz CT molecular complexity index is 523. The van der Waals surface area contributed by atoms with Gasteiger partial charge >= 0.3 is 0 Å². The van der Waals surface area contributed by atoms with Gasteiger partial charge in [0.25, 0.3) is 0 Å². The quantitative estimate of drug-likeness (QED) is 0.787. The van der Waals surface area contributed by atoms with Crippen LogP contribution in [-0.2, 0) is 9.59 Å². The van der Waals surface area contributed by atoms with E-state index in [0.29, 0.717) is 11.6 Å². The van der Waals surface area contributed by atoms with Crippen LogP contribution in [0.15, 0.2) is 24.3 Å². The van der Waals surface area contributed by atoms with Gasteiger partial charge in [-0.3, -0.25) is 14.5 Å². The highest BCUT2D eigenvalue weighted by Crippen LogP contribution is 2.42. The van der Waals surface area contributed by atoms with Gasteiger partial charge in [0.05, 0.1) is 17.5 Å². The summed E-state index contributed by atoms with van der Waals surface area (Å²) in [6.45, 7) is 2.14. The SMILES string of the molecule is C[C@@H]1CC[C@@H]2C(=O)N(c3ccc(O)cc3)C(=O)[C@H]2C1. The van der Waals surface area contributed by atoms with Gasteiger partial charge < -0.3 is 5.11 Å². The van der Waals surface area contributed by atoms with E-state index in [9.17, 15) is 14.7 Å². The monoisotopic (exact) mass is 259 g/mol. The lowest BCUT2D eigenvalue weighted by Crippen LogP contribution is -2.30. The molecule has 3 rings (SSSR count). The van der Waals surface area contributed by atoms with E-state index in [-0.39, 0.29) is 29.4 Å². The van der Waals surface area contributed by atoms with Crippen molar-refractivity contribution in [3.63, 3.8) is 0 Å². The fourth-order valence-corrected chi connectivity index (χ4v) is 3.25. The maximum absolute atomic E-state index is 12.4. The van der Waals surface area contributed by atoms with Crippen molar-refractivity contribution in [3.05, 3.63) is 24.3 Å². The number of amides is 2. The lowest BCUT2D eigenvalue weighted by atomic mass is 9.76. The lowest BCUT2D eigenvalue weighted by molar-refractivity contribution is -0.122. The molecule has 2 amide bonds. The van der Waals surface area contributed by atoms with Crippen molar-refractivity contribution in [1.82, 2.24) is 0 Å². The van der Waals surface area contributed by atoms with Gasteiger partial charge in [0.2, 0.25) is 11.8 Å². The first-order chi connectivity index (χ1) is 9.08. The third-order valence-corrected chi connectivity index (χ3v) is 4.30. The summed E-state index contributed by atoms with van der Waals surface area (Å²) in [6.07, 6.45) is 2.64. The Labute approximate surface area is 112 Å². The molecule has 2 fully saturated rings. The van der Waals surface area contributed by atoms with Crippen LogP contribution in [0.1, 0.15) is 26.2 Å². The van der Waals surface area contributed by atoms with Crippen molar-refractivity contribution in [2.75, 3.05) is 4.90 Å². The number of carbonyl (C=O) groups is 2. The number of aromatic hydroxyl groups is 1. The zero-order valence-corrected chi connectivity index (χ0v) is 10.9. The number of hydrogen-bond donors (Lipinski definition) is 1. The Hall–Kier alpha value is -1.84. The van der Waals surface area contributed by atoms with Crippen molar-refractivity contribution in [1.29, 1.82) is 0 Å². The highest BCUT2D eigenvalue weighted by Gasteiger charge is 2.49. The van der Waals surface area contributed by atoms with Crippen LogP contribution in [0.4, 0.5) is 5.69 Å². The maximum atomic E-state index is 12.4. The molecule has 1 aliphatic heterocycles. The first-order valence-electron chi connectivity index (χ1n) is 6.75. The molecule has 0 spiro atoms. The van der Waals surface area contributed by atoms with Gasteiger partial charge in [0, 0.05) is 0 Å². The standard InChI is InChI=1S/C15H17NO3/c1-9-2-7-12-13(8-9)15(19)16(14(12)18)10-3-5-11(17)6-4-10/h3-6,9,12-13,17H,2,7-8H2,1H3/t9-,12+,13+/m1/s1. The summed E-state index contributed by atoms with van der Waals surface area (Å²) in [6, 6.07) is 6.23. The molecule has 1 saturated carbocycles. The number of phenolic OH excluding ortho intramolecular Hbond substituents is 1. The summed E-state index contributed by atoms with van der Waals surface area (Å²) >= 11 is 0. The van der Waals surface area contributed by atoms with Crippen molar-refractivity contribution in [2.24, 2.45) is 17.8 Å². The summed E-state index contributed by atoms with van der Waals surface area (Å²) < 4.78 is 0. The van der Waals surface area contributed by atoms with Crippen LogP contribution in [-0.4, -0.2) is 16.9 Å². The first-order valence-corrected chi connectivity index (χ1v) is 6.75. The van der Waals surface area contributed by atoms with Crippen molar-refractivity contribution in [2.45, 2.75) is 26.2 Å².